The molecule has 2 N–H and O–H groups in total. The Morgan fingerprint density at radius 1 is 0.878 bits per heavy atom. The smallest absolute Gasteiger partial charge is 0.308 e. The summed E-state index contributed by atoms with van der Waals surface area (Å²) in [6.07, 6.45) is 1.89. The first-order valence-electron chi connectivity index (χ1n) is 13.8. The second-order valence-corrected chi connectivity index (χ2v) is 10.4. The molecule has 41 heavy (non-hydrogen) atoms. The summed E-state index contributed by atoms with van der Waals surface area (Å²) in [5.74, 6) is -0.690. The summed E-state index contributed by atoms with van der Waals surface area (Å²) >= 11 is 0. The molecule has 0 saturated heterocycles. The molecular formula is C34H30N4O3. The van der Waals surface area contributed by atoms with E-state index < -0.39 is 18.1 Å². The third-order valence-corrected chi connectivity index (χ3v) is 7.63. The largest absolute Gasteiger partial charge is 0.321 e. The zero-order chi connectivity index (χ0) is 28.3. The van der Waals surface area contributed by atoms with Crippen molar-refractivity contribution in [3.63, 3.8) is 0 Å². The van der Waals surface area contributed by atoms with Crippen molar-refractivity contribution in [2.45, 2.75) is 32.4 Å². The Balaban J connectivity index is 1.36. The van der Waals surface area contributed by atoms with Gasteiger partial charge in [-0.3, -0.25) is 9.59 Å². The number of para-hydroxylation sites is 1. The van der Waals surface area contributed by atoms with Crippen molar-refractivity contribution in [1.29, 1.82) is 0 Å². The summed E-state index contributed by atoms with van der Waals surface area (Å²) in [6.45, 7) is 1.68. The van der Waals surface area contributed by atoms with E-state index in [4.69, 9.17) is 4.99 Å². The summed E-state index contributed by atoms with van der Waals surface area (Å²) in [4.78, 5) is 47.0. The van der Waals surface area contributed by atoms with Gasteiger partial charge in [0.1, 0.15) is 0 Å². The van der Waals surface area contributed by atoms with Crippen LogP contribution < -0.4 is 15.5 Å². The molecule has 0 spiro atoms. The molecule has 1 atom stereocenters. The maximum Gasteiger partial charge on any atom is 0.321 e. The fourth-order valence-electron chi connectivity index (χ4n) is 5.57. The number of carbonyl (C=O) groups excluding carboxylic acids is 3. The molecule has 2 aliphatic rings. The van der Waals surface area contributed by atoms with Crippen LogP contribution >= 0.6 is 0 Å². The number of aliphatic imine (C=N–C) groups is 1. The molecule has 0 bridgehead atoms. The first-order valence-corrected chi connectivity index (χ1v) is 13.8. The summed E-state index contributed by atoms with van der Waals surface area (Å²) in [7, 11) is 0. The predicted octanol–water partition coefficient (Wildman–Crippen LogP) is 5.70. The number of hydrogen-bond acceptors (Lipinski definition) is 4. The number of fused-ring (bicyclic) bond motifs is 2. The van der Waals surface area contributed by atoms with Gasteiger partial charge in [-0.2, -0.15) is 0 Å². The molecule has 1 aliphatic heterocycles. The summed E-state index contributed by atoms with van der Waals surface area (Å²) < 4.78 is 0. The molecule has 4 aromatic carbocycles. The Kier molecular flexibility index (Phi) is 7.17. The van der Waals surface area contributed by atoms with Gasteiger partial charge in [0.05, 0.1) is 17.9 Å². The van der Waals surface area contributed by atoms with Crippen molar-refractivity contribution in [3.8, 4) is 0 Å². The van der Waals surface area contributed by atoms with E-state index in [-0.39, 0.29) is 12.3 Å². The lowest BCUT2D eigenvalue weighted by Gasteiger charge is -2.25. The fourth-order valence-corrected chi connectivity index (χ4v) is 5.57. The average Bonchev–Trinajstić information content (AvgIpc) is 3.42. The number of benzene rings is 4. The number of urea groups is 1. The minimum Gasteiger partial charge on any atom is -0.308 e. The van der Waals surface area contributed by atoms with Crippen molar-refractivity contribution in [3.05, 3.63) is 130 Å². The van der Waals surface area contributed by atoms with Gasteiger partial charge < -0.3 is 15.5 Å². The van der Waals surface area contributed by atoms with Gasteiger partial charge in [0.2, 0.25) is 6.17 Å². The highest BCUT2D eigenvalue weighted by atomic mass is 16.2. The normalized spacial score (nSPS) is 15.8. The number of benzodiazepines with no additional fused rings is 1. The molecule has 0 aromatic heterocycles. The Morgan fingerprint density at radius 2 is 1.61 bits per heavy atom. The SMILES string of the molecule is Cc1ccccc1C(=O)CN1C(=O)C(NC(=O)Nc2ccc3c(c2)CCC3)N=C(c2ccccc2)c2ccccc21. The number of hydrogen-bond donors (Lipinski definition) is 2. The molecule has 1 heterocycles. The summed E-state index contributed by atoms with van der Waals surface area (Å²) in [6, 6.07) is 29.6. The fraction of sp³-hybridized carbons (Fsp3) is 0.176. The third-order valence-electron chi connectivity index (χ3n) is 7.63. The van der Waals surface area contributed by atoms with Crippen LogP contribution in [0.5, 0.6) is 0 Å². The first kappa shape index (κ1) is 26.2. The molecule has 0 fully saturated rings. The number of carbonyl (C=O) groups is 3. The second kappa shape index (κ2) is 11.2. The first-order chi connectivity index (χ1) is 20.0. The number of anilines is 2. The van der Waals surface area contributed by atoms with E-state index in [1.165, 1.54) is 16.0 Å². The third kappa shape index (κ3) is 5.39. The Labute approximate surface area is 238 Å². The number of Topliss-reactive ketones (excluding diaryl/α,β-unsaturated/α-hetero) is 1. The Bertz CT molecular complexity index is 1680. The molecule has 0 radical (unpaired) electrons. The van der Waals surface area contributed by atoms with E-state index in [2.05, 4.69) is 10.6 Å². The minimum absolute atomic E-state index is 0.192. The van der Waals surface area contributed by atoms with Crippen LogP contribution in [-0.4, -0.2) is 36.1 Å². The van der Waals surface area contributed by atoms with E-state index in [1.807, 2.05) is 97.9 Å². The lowest BCUT2D eigenvalue weighted by molar-refractivity contribution is -0.120. The van der Waals surface area contributed by atoms with Gasteiger partial charge in [-0.25, -0.2) is 9.79 Å². The van der Waals surface area contributed by atoms with E-state index in [1.54, 1.807) is 6.07 Å². The van der Waals surface area contributed by atoms with Crippen LogP contribution in [0, 0.1) is 6.92 Å². The molecule has 3 amide bonds. The van der Waals surface area contributed by atoms with Gasteiger partial charge in [-0.15, -0.1) is 0 Å². The topological polar surface area (TPSA) is 90.9 Å². The zero-order valence-corrected chi connectivity index (χ0v) is 22.8. The molecule has 7 nitrogen and oxygen atoms in total. The molecule has 204 valence electrons. The molecule has 1 unspecified atom stereocenters. The van der Waals surface area contributed by atoms with Crippen LogP contribution in [0.1, 0.15) is 44.6 Å². The van der Waals surface area contributed by atoms with E-state index in [9.17, 15) is 14.4 Å². The Morgan fingerprint density at radius 3 is 2.44 bits per heavy atom. The highest BCUT2D eigenvalue weighted by molar-refractivity contribution is 6.21. The molecule has 7 heteroatoms. The van der Waals surface area contributed by atoms with Crippen molar-refractivity contribution < 1.29 is 14.4 Å². The lowest BCUT2D eigenvalue weighted by atomic mass is 9.99. The molecular weight excluding hydrogens is 512 g/mol. The number of aryl methyl sites for hydroxylation is 3. The van der Waals surface area contributed by atoms with Crippen molar-refractivity contribution in [2.24, 2.45) is 4.99 Å². The highest BCUT2D eigenvalue weighted by Gasteiger charge is 2.34. The van der Waals surface area contributed by atoms with Crippen LogP contribution in [0.15, 0.2) is 102 Å². The van der Waals surface area contributed by atoms with Crippen LogP contribution in [0.25, 0.3) is 0 Å². The zero-order valence-electron chi connectivity index (χ0n) is 22.8. The second-order valence-electron chi connectivity index (χ2n) is 10.4. The Hall–Kier alpha value is -5.04. The number of rotatable bonds is 6. The van der Waals surface area contributed by atoms with Crippen molar-refractivity contribution in [2.75, 3.05) is 16.8 Å². The van der Waals surface area contributed by atoms with Crippen LogP contribution in [-0.2, 0) is 17.6 Å². The monoisotopic (exact) mass is 542 g/mol. The maximum absolute atomic E-state index is 14.1. The standard InChI is InChI=1S/C34H30N4O3/c1-22-10-5-6-15-27(22)30(39)21-38-29-17-8-7-16-28(29)31(24-11-3-2-4-12-24)36-32(33(38)40)37-34(41)35-26-19-18-23-13-9-14-25(23)20-26/h2-8,10-12,15-20,32H,9,13-14,21H2,1H3,(H2,35,37,41). The van der Waals surface area contributed by atoms with Gasteiger partial charge >= 0.3 is 6.03 Å². The highest BCUT2D eigenvalue weighted by Crippen LogP contribution is 2.29. The number of nitrogens with zero attached hydrogens (tertiary/aromatic N) is 2. The van der Waals surface area contributed by atoms with Gasteiger partial charge in [0.25, 0.3) is 5.91 Å². The lowest BCUT2D eigenvalue weighted by Crippen LogP contribution is -2.50. The van der Waals surface area contributed by atoms with E-state index >= 15 is 0 Å². The predicted molar refractivity (Wildman–Crippen MR) is 161 cm³/mol. The van der Waals surface area contributed by atoms with Gasteiger partial charge in [-0.1, -0.05) is 78.9 Å². The maximum atomic E-state index is 14.1. The molecule has 4 aromatic rings. The number of ketones is 1. The molecule has 0 saturated carbocycles. The minimum atomic E-state index is -1.25. The van der Waals surface area contributed by atoms with Gasteiger partial charge in [-0.05, 0) is 61.1 Å². The van der Waals surface area contributed by atoms with Crippen LogP contribution in [0.2, 0.25) is 0 Å². The number of amides is 3. The van der Waals surface area contributed by atoms with Gasteiger partial charge in [0, 0.05) is 22.4 Å². The summed E-state index contributed by atoms with van der Waals surface area (Å²) in [5.41, 5.74) is 7.19. The van der Waals surface area contributed by atoms with E-state index in [0.717, 1.165) is 30.4 Å². The molecule has 1 aliphatic carbocycles. The molecule has 6 rings (SSSR count). The number of nitrogens with one attached hydrogen (secondary N) is 2. The van der Waals surface area contributed by atoms with Gasteiger partial charge in [0.15, 0.2) is 5.78 Å². The van der Waals surface area contributed by atoms with Crippen LogP contribution in [0.3, 0.4) is 0 Å². The van der Waals surface area contributed by atoms with Crippen molar-refractivity contribution >= 4 is 34.8 Å². The summed E-state index contributed by atoms with van der Waals surface area (Å²) in [5, 5.41) is 5.64. The quantitative estimate of drug-likeness (QED) is 0.306. The average molecular weight is 543 g/mol. The van der Waals surface area contributed by atoms with E-state index in [0.29, 0.717) is 28.2 Å². The van der Waals surface area contributed by atoms with Crippen LogP contribution in [0.4, 0.5) is 16.2 Å². The van der Waals surface area contributed by atoms with Crippen molar-refractivity contribution in [1.82, 2.24) is 5.32 Å².